The Labute approximate surface area is 209 Å². The monoisotopic (exact) mass is 478 g/mol. The van der Waals surface area contributed by atoms with Gasteiger partial charge in [-0.15, -0.1) is 0 Å². The summed E-state index contributed by atoms with van der Waals surface area (Å²) in [5, 5.41) is 7.10. The lowest BCUT2D eigenvalue weighted by Crippen LogP contribution is -2.14. The van der Waals surface area contributed by atoms with Crippen LogP contribution < -0.4 is 10.6 Å². The van der Waals surface area contributed by atoms with E-state index in [-0.39, 0.29) is 0 Å². The molecule has 0 spiro atoms. The van der Waals surface area contributed by atoms with Crippen molar-refractivity contribution < 1.29 is 0 Å². The van der Waals surface area contributed by atoms with Crippen LogP contribution in [-0.4, -0.2) is 43.0 Å². The van der Waals surface area contributed by atoms with Crippen molar-refractivity contribution >= 4 is 22.1 Å². The molecule has 3 aromatic heterocycles. The smallest absolute Gasteiger partial charge is 0.124 e. The fraction of sp³-hybridized carbons (Fsp3) is 0.357. The Morgan fingerprint density at radius 3 is 2.22 bits per heavy atom. The second-order valence-corrected chi connectivity index (χ2v) is 10.6. The molecule has 36 heavy (non-hydrogen) atoms. The molecule has 0 bridgehead atoms. The maximum atomic E-state index is 4.91. The predicted octanol–water partition coefficient (Wildman–Crippen LogP) is 4.90. The molecule has 4 N–H and O–H groups in total. The standard InChI is InChI=1S/C28H30N8/c1-15-7-23(29-11-15)27-32-14-26(36-27)17-3-5-19-21(9-17)31-13-25(33-19)18-4-6-20-22(10-18)35-28(34-20)24-8-16(2)12-30-24/h3-6,9-10,13-16,23-24,29-30H,7-8,11-12H2,1-2H3,(H,32,36)(H,34,35)/t15-,16-,23+,24+/m1/s1. The van der Waals surface area contributed by atoms with Gasteiger partial charge in [-0.3, -0.25) is 4.98 Å². The minimum Gasteiger partial charge on any atom is -0.341 e. The Hall–Kier alpha value is -3.62. The molecule has 2 fully saturated rings. The molecule has 4 atom stereocenters. The minimum atomic E-state index is 0.300. The summed E-state index contributed by atoms with van der Waals surface area (Å²) in [6, 6.07) is 13.1. The highest BCUT2D eigenvalue weighted by molar-refractivity contribution is 5.84. The van der Waals surface area contributed by atoms with Gasteiger partial charge in [0.25, 0.3) is 0 Å². The molecule has 182 valence electrons. The first-order chi connectivity index (χ1) is 17.6. The first kappa shape index (κ1) is 21.6. The molecule has 5 aromatic rings. The summed E-state index contributed by atoms with van der Waals surface area (Å²) in [6.45, 7) is 6.63. The number of aromatic nitrogens is 6. The van der Waals surface area contributed by atoms with Gasteiger partial charge in [0.1, 0.15) is 11.6 Å². The van der Waals surface area contributed by atoms with Crippen LogP contribution in [0.3, 0.4) is 0 Å². The predicted molar refractivity (Wildman–Crippen MR) is 141 cm³/mol. The lowest BCUT2D eigenvalue weighted by molar-refractivity contribution is 0.588. The van der Waals surface area contributed by atoms with E-state index in [0.717, 1.165) is 82.2 Å². The molecule has 0 saturated carbocycles. The largest absolute Gasteiger partial charge is 0.341 e. The van der Waals surface area contributed by atoms with Crippen molar-refractivity contribution in [3.63, 3.8) is 0 Å². The summed E-state index contributed by atoms with van der Waals surface area (Å²) in [4.78, 5) is 26.1. The molecule has 0 amide bonds. The Bertz CT molecular complexity index is 1570. The number of nitrogens with zero attached hydrogens (tertiary/aromatic N) is 4. The molecule has 0 aliphatic carbocycles. The summed E-state index contributed by atoms with van der Waals surface area (Å²) >= 11 is 0. The Morgan fingerprint density at radius 2 is 1.44 bits per heavy atom. The molecule has 8 nitrogen and oxygen atoms in total. The maximum absolute atomic E-state index is 4.91. The van der Waals surface area contributed by atoms with E-state index in [0.29, 0.717) is 23.9 Å². The lowest BCUT2D eigenvalue weighted by atomic mass is 10.1. The van der Waals surface area contributed by atoms with Gasteiger partial charge in [0.2, 0.25) is 0 Å². The zero-order valence-corrected chi connectivity index (χ0v) is 20.5. The first-order valence-electron chi connectivity index (χ1n) is 12.9. The van der Waals surface area contributed by atoms with E-state index in [1.54, 1.807) is 0 Å². The molecule has 2 saturated heterocycles. The third kappa shape index (κ3) is 3.86. The van der Waals surface area contributed by atoms with Crippen LogP contribution in [0, 0.1) is 11.8 Å². The molecule has 8 heteroatoms. The van der Waals surface area contributed by atoms with E-state index in [2.05, 4.69) is 69.8 Å². The summed E-state index contributed by atoms with van der Waals surface area (Å²) in [5.74, 6) is 3.38. The number of nitrogens with one attached hydrogen (secondary N) is 4. The molecule has 2 aliphatic rings. The van der Waals surface area contributed by atoms with Gasteiger partial charge in [0.05, 0.1) is 57.9 Å². The number of imidazole rings is 2. The van der Waals surface area contributed by atoms with Crippen LogP contribution in [0.15, 0.2) is 48.8 Å². The number of benzene rings is 2. The zero-order valence-electron chi connectivity index (χ0n) is 20.5. The van der Waals surface area contributed by atoms with Crippen molar-refractivity contribution in [3.8, 4) is 22.5 Å². The number of hydrogen-bond donors (Lipinski definition) is 4. The van der Waals surface area contributed by atoms with Crippen LogP contribution in [0.5, 0.6) is 0 Å². The third-order valence-electron chi connectivity index (χ3n) is 7.61. The number of aromatic amines is 2. The lowest BCUT2D eigenvalue weighted by Gasteiger charge is -2.06. The fourth-order valence-electron chi connectivity index (χ4n) is 5.57. The second kappa shape index (κ2) is 8.50. The number of hydrogen-bond acceptors (Lipinski definition) is 6. The van der Waals surface area contributed by atoms with E-state index in [9.17, 15) is 0 Å². The molecular weight excluding hydrogens is 448 g/mol. The molecule has 2 aromatic carbocycles. The van der Waals surface area contributed by atoms with Gasteiger partial charge in [0, 0.05) is 11.1 Å². The van der Waals surface area contributed by atoms with Crippen LogP contribution >= 0.6 is 0 Å². The molecule has 5 heterocycles. The Kier molecular flexibility index (Phi) is 5.11. The SMILES string of the molecule is C[C@H]1CN[C@H](c2ncc(-c3ccc4nc(-c5ccc6nc([C@@H]7C[C@@H](C)CN7)[nH]c6c5)cnc4c3)[nH]2)C1. The van der Waals surface area contributed by atoms with Crippen molar-refractivity contribution in [3.05, 3.63) is 60.4 Å². The van der Waals surface area contributed by atoms with Crippen LogP contribution in [0.25, 0.3) is 44.6 Å². The zero-order chi connectivity index (χ0) is 24.2. The fourth-order valence-corrected chi connectivity index (χ4v) is 5.57. The van der Waals surface area contributed by atoms with Gasteiger partial charge in [0.15, 0.2) is 0 Å². The quantitative estimate of drug-likeness (QED) is 0.293. The highest BCUT2D eigenvalue weighted by atomic mass is 15.1. The molecule has 2 aliphatic heterocycles. The first-order valence-corrected chi connectivity index (χ1v) is 12.9. The van der Waals surface area contributed by atoms with Crippen molar-refractivity contribution in [2.24, 2.45) is 11.8 Å². The minimum absolute atomic E-state index is 0.300. The number of fused-ring (bicyclic) bond motifs is 2. The van der Waals surface area contributed by atoms with E-state index in [1.807, 2.05) is 18.5 Å². The maximum Gasteiger partial charge on any atom is 0.124 e. The van der Waals surface area contributed by atoms with Crippen LogP contribution in [0.1, 0.15) is 50.4 Å². The summed E-state index contributed by atoms with van der Waals surface area (Å²) < 4.78 is 0. The van der Waals surface area contributed by atoms with E-state index < -0.39 is 0 Å². The van der Waals surface area contributed by atoms with Gasteiger partial charge in [-0.1, -0.05) is 26.0 Å². The van der Waals surface area contributed by atoms with Gasteiger partial charge in [-0.2, -0.15) is 0 Å². The molecule has 0 unspecified atom stereocenters. The average Bonchev–Trinajstić information content (AvgIpc) is 3.69. The van der Waals surface area contributed by atoms with Crippen LogP contribution in [0.2, 0.25) is 0 Å². The van der Waals surface area contributed by atoms with Crippen molar-refractivity contribution in [1.82, 2.24) is 40.5 Å². The molecule has 7 rings (SSSR count). The van der Waals surface area contributed by atoms with Gasteiger partial charge >= 0.3 is 0 Å². The summed E-state index contributed by atoms with van der Waals surface area (Å²) in [6.07, 6.45) is 5.99. The summed E-state index contributed by atoms with van der Waals surface area (Å²) in [5.41, 5.74) is 7.70. The van der Waals surface area contributed by atoms with E-state index in [1.165, 1.54) is 0 Å². The van der Waals surface area contributed by atoms with Gasteiger partial charge in [-0.25, -0.2) is 15.0 Å². The highest BCUT2D eigenvalue weighted by Gasteiger charge is 2.25. The normalized spacial score (nSPS) is 24.3. The second-order valence-electron chi connectivity index (χ2n) is 10.6. The average molecular weight is 479 g/mol. The van der Waals surface area contributed by atoms with Gasteiger partial charge < -0.3 is 20.6 Å². The number of H-pyrrole nitrogens is 2. The summed E-state index contributed by atoms with van der Waals surface area (Å²) in [7, 11) is 0. The number of rotatable bonds is 4. The molecule has 0 radical (unpaired) electrons. The Morgan fingerprint density at radius 1 is 0.694 bits per heavy atom. The highest BCUT2D eigenvalue weighted by Crippen LogP contribution is 2.30. The van der Waals surface area contributed by atoms with Crippen molar-refractivity contribution in [2.45, 2.75) is 38.8 Å². The molecular formula is C28H30N8. The van der Waals surface area contributed by atoms with E-state index >= 15 is 0 Å². The third-order valence-corrected chi connectivity index (χ3v) is 7.61. The topological polar surface area (TPSA) is 107 Å². The van der Waals surface area contributed by atoms with Crippen molar-refractivity contribution in [1.29, 1.82) is 0 Å². The van der Waals surface area contributed by atoms with Crippen molar-refractivity contribution in [2.75, 3.05) is 13.1 Å². The van der Waals surface area contributed by atoms with Gasteiger partial charge in [-0.05, 0) is 62.0 Å². The van der Waals surface area contributed by atoms with E-state index in [4.69, 9.17) is 15.0 Å². The Balaban J connectivity index is 1.16. The van der Waals surface area contributed by atoms with Crippen LogP contribution in [0.4, 0.5) is 0 Å². The van der Waals surface area contributed by atoms with Crippen LogP contribution in [-0.2, 0) is 0 Å².